The summed E-state index contributed by atoms with van der Waals surface area (Å²) in [7, 11) is 0. The number of fused-ring (bicyclic) bond motifs is 1. The van der Waals surface area contributed by atoms with Crippen LogP contribution in [0.25, 0.3) is 0 Å². The number of rotatable bonds is 2. The Bertz CT molecular complexity index is 791. The van der Waals surface area contributed by atoms with Crippen LogP contribution >= 0.6 is 0 Å². The van der Waals surface area contributed by atoms with Gasteiger partial charge in [0.05, 0.1) is 0 Å². The third-order valence-corrected chi connectivity index (χ3v) is 3.99. The number of nitrogens with zero attached hydrogens (tertiary/aromatic N) is 1. The molecule has 1 aliphatic heterocycles. The molecule has 0 aliphatic carbocycles. The molecule has 4 nitrogen and oxygen atoms in total. The van der Waals surface area contributed by atoms with Crippen LogP contribution in [0.2, 0.25) is 0 Å². The number of anilines is 2. The van der Waals surface area contributed by atoms with Gasteiger partial charge in [-0.2, -0.15) is 0 Å². The van der Waals surface area contributed by atoms with Gasteiger partial charge in [-0.15, -0.1) is 13.2 Å². The summed E-state index contributed by atoms with van der Waals surface area (Å²) < 4.78 is 53.8. The highest BCUT2D eigenvalue weighted by Gasteiger charge is 2.31. The van der Waals surface area contributed by atoms with Crippen molar-refractivity contribution in [3.05, 3.63) is 53.8 Å². The number of alkyl halides is 3. The number of amides is 2. The fourth-order valence-electron chi connectivity index (χ4n) is 2.87. The van der Waals surface area contributed by atoms with Crippen molar-refractivity contribution in [1.29, 1.82) is 0 Å². The third kappa shape index (κ3) is 4.44. The Kier molecular flexibility index (Phi) is 5.01. The van der Waals surface area contributed by atoms with Crippen molar-refractivity contribution < 1.29 is 27.1 Å². The van der Waals surface area contributed by atoms with E-state index in [1.165, 1.54) is 29.2 Å². The highest BCUT2D eigenvalue weighted by Crippen LogP contribution is 2.28. The number of urea groups is 1. The largest absolute Gasteiger partial charge is 0.573 e. The van der Waals surface area contributed by atoms with Gasteiger partial charge < -0.3 is 10.1 Å². The van der Waals surface area contributed by atoms with Crippen LogP contribution in [0, 0.1) is 5.82 Å². The SMILES string of the molecule is O=C(Nc1ccc(OC(F)(F)F)cc1)N1CCCCc2cc(F)ccc21. The lowest BCUT2D eigenvalue weighted by atomic mass is 10.1. The molecule has 0 fully saturated rings. The molecule has 26 heavy (non-hydrogen) atoms. The molecule has 0 unspecified atom stereocenters. The monoisotopic (exact) mass is 368 g/mol. The van der Waals surface area contributed by atoms with Crippen molar-refractivity contribution in [3.8, 4) is 5.75 Å². The van der Waals surface area contributed by atoms with Crippen LogP contribution in [0.4, 0.5) is 33.7 Å². The molecule has 8 heteroatoms. The number of benzene rings is 2. The highest BCUT2D eigenvalue weighted by molar-refractivity contribution is 6.02. The second kappa shape index (κ2) is 7.23. The lowest BCUT2D eigenvalue weighted by Crippen LogP contribution is -2.35. The van der Waals surface area contributed by atoms with Crippen molar-refractivity contribution in [2.75, 3.05) is 16.8 Å². The number of hydrogen-bond acceptors (Lipinski definition) is 2. The molecule has 0 bridgehead atoms. The molecule has 1 heterocycles. The first-order valence-corrected chi connectivity index (χ1v) is 8.04. The number of halogens is 4. The minimum absolute atomic E-state index is 0.331. The standard InChI is InChI=1S/C18H16F4N2O2/c19-13-4-9-16-12(11-13)3-1-2-10-24(16)17(25)23-14-5-7-15(8-6-14)26-18(20,21)22/h4-9,11H,1-3,10H2,(H,23,25). The number of ether oxygens (including phenoxy) is 1. The van der Waals surface area contributed by atoms with E-state index in [1.807, 2.05) is 0 Å². The molecule has 2 aromatic carbocycles. The maximum atomic E-state index is 13.4. The topological polar surface area (TPSA) is 41.6 Å². The second-order valence-electron chi connectivity index (χ2n) is 5.88. The molecule has 2 aromatic rings. The van der Waals surface area contributed by atoms with Gasteiger partial charge in [-0.1, -0.05) is 0 Å². The minimum Gasteiger partial charge on any atom is -0.406 e. The van der Waals surface area contributed by atoms with Crippen LogP contribution in [0.3, 0.4) is 0 Å². The van der Waals surface area contributed by atoms with Gasteiger partial charge in [0, 0.05) is 17.9 Å². The van der Waals surface area contributed by atoms with Gasteiger partial charge >= 0.3 is 12.4 Å². The smallest absolute Gasteiger partial charge is 0.406 e. The summed E-state index contributed by atoms with van der Waals surface area (Å²) in [5, 5.41) is 2.64. The summed E-state index contributed by atoms with van der Waals surface area (Å²) in [6, 6.07) is 8.74. The second-order valence-corrected chi connectivity index (χ2v) is 5.88. The lowest BCUT2D eigenvalue weighted by molar-refractivity contribution is -0.274. The van der Waals surface area contributed by atoms with E-state index < -0.39 is 12.4 Å². The summed E-state index contributed by atoms with van der Waals surface area (Å²) in [5.74, 6) is -0.725. The first-order valence-electron chi connectivity index (χ1n) is 8.04. The molecule has 0 atom stereocenters. The van der Waals surface area contributed by atoms with Gasteiger partial charge in [-0.3, -0.25) is 4.90 Å². The maximum Gasteiger partial charge on any atom is 0.573 e. The summed E-state index contributed by atoms with van der Waals surface area (Å²) in [4.78, 5) is 14.1. The Labute approximate surface area is 147 Å². The van der Waals surface area contributed by atoms with E-state index in [4.69, 9.17) is 0 Å². The van der Waals surface area contributed by atoms with Crippen LogP contribution in [0.5, 0.6) is 5.75 Å². The van der Waals surface area contributed by atoms with E-state index >= 15 is 0 Å². The van der Waals surface area contributed by atoms with Gasteiger partial charge in [0.2, 0.25) is 0 Å². The molecule has 2 amide bonds. The van der Waals surface area contributed by atoms with Crippen LogP contribution in [-0.4, -0.2) is 18.9 Å². The van der Waals surface area contributed by atoms with Crippen LogP contribution in [0.15, 0.2) is 42.5 Å². The molecule has 0 spiro atoms. The normalized spacial score (nSPS) is 14.4. The Morgan fingerprint density at radius 3 is 2.50 bits per heavy atom. The van der Waals surface area contributed by atoms with E-state index in [0.29, 0.717) is 24.3 Å². The van der Waals surface area contributed by atoms with Gasteiger partial charge in [-0.05, 0) is 67.3 Å². The maximum absolute atomic E-state index is 13.4. The van der Waals surface area contributed by atoms with E-state index in [-0.39, 0.29) is 11.6 Å². The van der Waals surface area contributed by atoms with Gasteiger partial charge in [0.1, 0.15) is 11.6 Å². The molecule has 0 saturated carbocycles. The molecule has 3 rings (SSSR count). The molecule has 0 saturated heterocycles. The third-order valence-electron chi connectivity index (χ3n) is 3.99. The minimum atomic E-state index is -4.77. The van der Waals surface area contributed by atoms with Crippen LogP contribution < -0.4 is 15.0 Å². The average Bonchev–Trinajstić information content (AvgIpc) is 2.77. The molecule has 1 aliphatic rings. The summed E-state index contributed by atoms with van der Waals surface area (Å²) in [5.41, 5.74) is 1.72. The zero-order valence-electron chi connectivity index (χ0n) is 13.6. The van der Waals surface area contributed by atoms with E-state index in [9.17, 15) is 22.4 Å². The quantitative estimate of drug-likeness (QED) is 0.750. The zero-order valence-corrected chi connectivity index (χ0v) is 13.6. The van der Waals surface area contributed by atoms with Gasteiger partial charge in [0.25, 0.3) is 0 Å². The summed E-state index contributed by atoms with van der Waals surface area (Å²) in [6.45, 7) is 0.472. The number of carbonyl (C=O) groups excluding carboxylic acids is 1. The number of aryl methyl sites for hydroxylation is 1. The Hall–Kier alpha value is -2.77. The predicted molar refractivity (Wildman–Crippen MR) is 88.8 cm³/mol. The Morgan fingerprint density at radius 1 is 1.08 bits per heavy atom. The lowest BCUT2D eigenvalue weighted by Gasteiger charge is -2.23. The van der Waals surface area contributed by atoms with Crippen LogP contribution in [0.1, 0.15) is 18.4 Å². The fourth-order valence-corrected chi connectivity index (χ4v) is 2.87. The predicted octanol–water partition coefficient (Wildman–Crippen LogP) is 5.10. The first kappa shape index (κ1) is 18.0. The van der Waals surface area contributed by atoms with E-state index in [1.54, 1.807) is 6.07 Å². The Balaban J connectivity index is 1.74. The van der Waals surface area contributed by atoms with Crippen molar-refractivity contribution in [3.63, 3.8) is 0 Å². The highest BCUT2D eigenvalue weighted by atomic mass is 19.4. The van der Waals surface area contributed by atoms with Crippen LogP contribution in [-0.2, 0) is 6.42 Å². The van der Waals surface area contributed by atoms with Gasteiger partial charge in [0.15, 0.2) is 0 Å². The molecule has 0 aromatic heterocycles. The number of hydrogen-bond donors (Lipinski definition) is 1. The average molecular weight is 368 g/mol. The van der Waals surface area contributed by atoms with Crippen molar-refractivity contribution in [2.45, 2.75) is 25.6 Å². The zero-order chi connectivity index (χ0) is 18.7. The Morgan fingerprint density at radius 2 is 1.81 bits per heavy atom. The van der Waals surface area contributed by atoms with Crippen molar-refractivity contribution >= 4 is 17.4 Å². The molecular weight excluding hydrogens is 352 g/mol. The molecular formula is C18H16F4N2O2. The number of carbonyl (C=O) groups is 1. The molecule has 138 valence electrons. The van der Waals surface area contributed by atoms with Gasteiger partial charge in [-0.25, -0.2) is 9.18 Å². The molecule has 0 radical (unpaired) electrons. The summed E-state index contributed by atoms with van der Waals surface area (Å²) >= 11 is 0. The van der Waals surface area contributed by atoms with Crippen molar-refractivity contribution in [1.82, 2.24) is 0 Å². The summed E-state index contributed by atoms with van der Waals surface area (Å²) in [6.07, 6.45) is -2.48. The molecule has 1 N–H and O–H groups in total. The van der Waals surface area contributed by atoms with Crippen molar-refractivity contribution in [2.24, 2.45) is 0 Å². The number of nitrogens with one attached hydrogen (secondary N) is 1. The van der Waals surface area contributed by atoms with E-state index in [2.05, 4.69) is 10.1 Å². The van der Waals surface area contributed by atoms with E-state index in [0.717, 1.165) is 30.5 Å². The first-order chi connectivity index (χ1) is 12.3. The fraction of sp³-hybridized carbons (Fsp3) is 0.278.